The van der Waals surface area contributed by atoms with E-state index in [9.17, 15) is 19.8 Å². The molecule has 0 aromatic rings. The zero-order valence-corrected chi connectivity index (χ0v) is 43.0. The topological polar surface area (TPSA) is 95.9 Å². The molecule has 6 nitrogen and oxygen atoms in total. The number of amides is 1. The van der Waals surface area contributed by atoms with Gasteiger partial charge in [-0.05, 0) is 77.0 Å². The van der Waals surface area contributed by atoms with Crippen LogP contribution < -0.4 is 5.32 Å². The van der Waals surface area contributed by atoms with Crippen LogP contribution in [0, 0.1) is 0 Å². The van der Waals surface area contributed by atoms with Crippen LogP contribution >= 0.6 is 0 Å². The SMILES string of the molecule is CC/C=C/C/C=C/C/C=C/CCCCCCCCC(=O)OC(CCCCC/C=C/C=C/C=C/C=C/C=C/CCC)CC(=O)NC(CO)C(O)CCCCCCCCCCCCCCCCC. The monoisotopic (exact) mass is 918 g/mol. The predicted molar refractivity (Wildman–Crippen MR) is 287 cm³/mol. The van der Waals surface area contributed by atoms with E-state index in [1.807, 2.05) is 36.5 Å². The molecule has 0 aromatic carbocycles. The molecule has 0 spiro atoms. The fourth-order valence-electron chi connectivity index (χ4n) is 7.89. The smallest absolute Gasteiger partial charge is 0.306 e. The van der Waals surface area contributed by atoms with Crippen molar-refractivity contribution in [3.05, 3.63) is 97.2 Å². The number of carbonyl (C=O) groups excluding carboxylic acids is 2. The minimum Gasteiger partial charge on any atom is -0.462 e. The van der Waals surface area contributed by atoms with Crippen molar-refractivity contribution in [2.45, 2.75) is 264 Å². The number of nitrogens with one attached hydrogen (secondary N) is 1. The highest BCUT2D eigenvalue weighted by Gasteiger charge is 2.24. The zero-order valence-electron chi connectivity index (χ0n) is 43.0. The molecule has 66 heavy (non-hydrogen) atoms. The van der Waals surface area contributed by atoms with E-state index in [-0.39, 0.29) is 24.9 Å². The summed E-state index contributed by atoms with van der Waals surface area (Å²) in [6.45, 7) is 6.28. The zero-order chi connectivity index (χ0) is 48.1. The largest absolute Gasteiger partial charge is 0.462 e. The molecule has 3 unspecified atom stereocenters. The van der Waals surface area contributed by atoms with E-state index in [0.717, 1.165) is 96.3 Å². The van der Waals surface area contributed by atoms with Crippen molar-refractivity contribution < 1.29 is 24.5 Å². The molecule has 3 N–H and O–H groups in total. The van der Waals surface area contributed by atoms with E-state index in [1.54, 1.807) is 0 Å². The Labute approximate surface area is 407 Å². The molecular formula is C60H103NO5. The van der Waals surface area contributed by atoms with Crippen molar-refractivity contribution in [1.82, 2.24) is 5.32 Å². The summed E-state index contributed by atoms with van der Waals surface area (Å²) in [5.74, 6) is -0.534. The standard InChI is InChI=1S/C60H103NO5/c1-4-7-10-13-16-19-22-25-28-31-33-36-39-42-45-48-51-56(66-60(65)53-50-47-44-41-38-35-32-29-26-23-20-17-14-11-8-5-2)54-59(64)61-57(55-62)58(63)52-49-46-43-40-37-34-30-27-24-21-18-15-12-9-6-3/h8,10-11,13,16-17,19-20,22,25-26,28-29,31,33,36,56-58,62-63H,4-7,9,12,14-15,18,21,23-24,27,30,32,34-35,37-55H2,1-3H3,(H,61,64)/b11-8+,13-10+,19-16+,20-17+,25-22+,29-26+,31-28+,36-33+. The van der Waals surface area contributed by atoms with E-state index < -0.39 is 18.2 Å². The minimum atomic E-state index is -0.808. The van der Waals surface area contributed by atoms with Gasteiger partial charge in [-0.1, -0.05) is 253 Å². The van der Waals surface area contributed by atoms with Gasteiger partial charge in [-0.15, -0.1) is 0 Å². The first-order valence-electron chi connectivity index (χ1n) is 27.5. The van der Waals surface area contributed by atoms with Crippen molar-refractivity contribution >= 4 is 11.9 Å². The summed E-state index contributed by atoms with van der Waals surface area (Å²) in [5.41, 5.74) is 0. The summed E-state index contributed by atoms with van der Waals surface area (Å²) >= 11 is 0. The van der Waals surface area contributed by atoms with Gasteiger partial charge in [0.05, 0.1) is 25.2 Å². The summed E-state index contributed by atoms with van der Waals surface area (Å²) in [6, 6.07) is -0.725. The van der Waals surface area contributed by atoms with Gasteiger partial charge in [-0.25, -0.2) is 0 Å². The molecule has 0 aliphatic carbocycles. The van der Waals surface area contributed by atoms with Crippen LogP contribution in [0.4, 0.5) is 0 Å². The summed E-state index contributed by atoms with van der Waals surface area (Å²) < 4.78 is 5.93. The van der Waals surface area contributed by atoms with E-state index in [4.69, 9.17) is 4.74 Å². The maximum Gasteiger partial charge on any atom is 0.306 e. The Hall–Kier alpha value is -3.22. The Bertz CT molecular complexity index is 1310. The lowest BCUT2D eigenvalue weighted by Gasteiger charge is -2.24. The van der Waals surface area contributed by atoms with Crippen LogP contribution in [-0.4, -0.2) is 46.9 Å². The Morgan fingerprint density at radius 2 is 0.909 bits per heavy atom. The second kappa shape index (κ2) is 52.7. The lowest BCUT2D eigenvalue weighted by molar-refractivity contribution is -0.151. The van der Waals surface area contributed by atoms with Crippen molar-refractivity contribution in [2.75, 3.05) is 6.61 Å². The summed E-state index contributed by atoms with van der Waals surface area (Å²) in [7, 11) is 0. The number of ether oxygens (including phenoxy) is 1. The minimum absolute atomic E-state index is 0.0391. The third-order valence-electron chi connectivity index (χ3n) is 12.0. The first-order valence-corrected chi connectivity index (χ1v) is 27.5. The van der Waals surface area contributed by atoms with Gasteiger partial charge in [0.25, 0.3) is 0 Å². The maximum atomic E-state index is 13.2. The Balaban J connectivity index is 4.69. The number of carbonyl (C=O) groups is 2. The van der Waals surface area contributed by atoms with Crippen molar-refractivity contribution in [2.24, 2.45) is 0 Å². The molecular weight excluding hydrogens is 815 g/mol. The molecule has 0 heterocycles. The molecule has 0 fully saturated rings. The van der Waals surface area contributed by atoms with Crippen LogP contribution in [0.25, 0.3) is 0 Å². The quantitative estimate of drug-likeness (QED) is 0.0245. The second-order valence-electron chi connectivity index (χ2n) is 18.4. The van der Waals surface area contributed by atoms with Gasteiger partial charge < -0.3 is 20.3 Å². The lowest BCUT2D eigenvalue weighted by atomic mass is 10.0. The van der Waals surface area contributed by atoms with E-state index in [0.29, 0.717) is 19.3 Å². The van der Waals surface area contributed by atoms with Crippen LogP contribution in [0.1, 0.15) is 245 Å². The van der Waals surface area contributed by atoms with Gasteiger partial charge in [-0.3, -0.25) is 9.59 Å². The van der Waals surface area contributed by atoms with Crippen LogP contribution in [0.5, 0.6) is 0 Å². The number of aliphatic hydroxyl groups is 2. The molecule has 0 aliphatic rings. The fourth-order valence-corrected chi connectivity index (χ4v) is 7.89. The number of allylic oxidation sites excluding steroid dienone is 16. The average Bonchev–Trinajstić information content (AvgIpc) is 3.31. The summed E-state index contributed by atoms with van der Waals surface area (Å²) in [5, 5.41) is 23.8. The Morgan fingerprint density at radius 3 is 1.45 bits per heavy atom. The molecule has 0 radical (unpaired) electrons. The third-order valence-corrected chi connectivity index (χ3v) is 12.0. The first-order chi connectivity index (χ1) is 32.5. The number of hydrogen-bond acceptors (Lipinski definition) is 5. The van der Waals surface area contributed by atoms with E-state index in [2.05, 4.69) is 86.8 Å². The number of aliphatic hydroxyl groups excluding tert-OH is 2. The van der Waals surface area contributed by atoms with Gasteiger partial charge in [0.1, 0.15) is 6.10 Å². The highest BCUT2D eigenvalue weighted by atomic mass is 16.5. The van der Waals surface area contributed by atoms with Crippen molar-refractivity contribution in [3.63, 3.8) is 0 Å². The van der Waals surface area contributed by atoms with E-state index >= 15 is 0 Å². The Morgan fingerprint density at radius 1 is 0.470 bits per heavy atom. The van der Waals surface area contributed by atoms with Crippen LogP contribution in [0.15, 0.2) is 97.2 Å². The fraction of sp³-hybridized carbons (Fsp3) is 0.700. The average molecular weight is 918 g/mol. The van der Waals surface area contributed by atoms with Crippen molar-refractivity contribution in [1.29, 1.82) is 0 Å². The molecule has 0 saturated heterocycles. The second-order valence-corrected chi connectivity index (χ2v) is 18.4. The van der Waals surface area contributed by atoms with Gasteiger partial charge >= 0.3 is 5.97 Å². The molecule has 0 bridgehead atoms. The number of hydrogen-bond donors (Lipinski definition) is 3. The Kier molecular flexibility index (Phi) is 50.2. The first kappa shape index (κ1) is 62.8. The van der Waals surface area contributed by atoms with Gasteiger partial charge in [0, 0.05) is 6.42 Å². The maximum absolute atomic E-state index is 13.2. The number of unbranched alkanes of at least 4 members (excludes halogenated alkanes) is 24. The molecule has 0 aromatic heterocycles. The molecule has 1 amide bonds. The molecule has 0 rings (SSSR count). The summed E-state index contributed by atoms with van der Waals surface area (Å²) in [4.78, 5) is 26.2. The van der Waals surface area contributed by atoms with Gasteiger partial charge in [0.15, 0.2) is 0 Å². The van der Waals surface area contributed by atoms with Gasteiger partial charge in [-0.2, -0.15) is 0 Å². The molecule has 3 atom stereocenters. The van der Waals surface area contributed by atoms with Crippen molar-refractivity contribution in [3.8, 4) is 0 Å². The van der Waals surface area contributed by atoms with Crippen LogP contribution in [-0.2, 0) is 14.3 Å². The molecule has 378 valence electrons. The van der Waals surface area contributed by atoms with Crippen LogP contribution in [0.2, 0.25) is 0 Å². The predicted octanol–water partition coefficient (Wildman–Crippen LogP) is 16.9. The lowest BCUT2D eigenvalue weighted by Crippen LogP contribution is -2.46. The number of rotatable bonds is 48. The number of esters is 1. The molecule has 0 aliphatic heterocycles. The normalized spacial score (nSPS) is 14.0. The molecule has 0 saturated carbocycles. The summed E-state index contributed by atoms with van der Waals surface area (Å²) in [6.07, 6.45) is 70.3. The van der Waals surface area contributed by atoms with Gasteiger partial charge in [0.2, 0.25) is 5.91 Å². The van der Waals surface area contributed by atoms with E-state index in [1.165, 1.54) is 103 Å². The highest BCUT2D eigenvalue weighted by molar-refractivity contribution is 5.77. The van der Waals surface area contributed by atoms with Crippen LogP contribution in [0.3, 0.4) is 0 Å². The molecule has 6 heteroatoms. The third kappa shape index (κ3) is 47.3. The highest BCUT2D eigenvalue weighted by Crippen LogP contribution is 2.17.